The average molecular weight is 317 g/mol. The minimum Gasteiger partial charge on any atom is -0.454 e. The van der Waals surface area contributed by atoms with Crippen LogP contribution in [0, 0.1) is 0 Å². The summed E-state index contributed by atoms with van der Waals surface area (Å²) in [4.78, 5) is 16.6. The monoisotopic (exact) mass is 317 g/mol. The van der Waals surface area contributed by atoms with Gasteiger partial charge in [0.05, 0.1) is 5.75 Å². The van der Waals surface area contributed by atoms with Gasteiger partial charge in [-0.2, -0.15) is 11.8 Å². The summed E-state index contributed by atoms with van der Waals surface area (Å²) < 4.78 is 12.7. The number of amides is 1. The number of nitrogens with zero attached hydrogens (tertiary/aromatic N) is 2. The third-order valence-electron chi connectivity index (χ3n) is 3.69. The van der Waals surface area contributed by atoms with Crippen molar-refractivity contribution in [1.82, 2.24) is 14.9 Å². The van der Waals surface area contributed by atoms with Gasteiger partial charge in [-0.25, -0.2) is 4.98 Å². The normalized spacial score (nSPS) is 15.5. The van der Waals surface area contributed by atoms with Crippen molar-refractivity contribution in [3.05, 3.63) is 41.5 Å². The van der Waals surface area contributed by atoms with Crippen molar-refractivity contribution in [2.75, 3.05) is 12.5 Å². The van der Waals surface area contributed by atoms with Gasteiger partial charge in [-0.3, -0.25) is 4.79 Å². The lowest BCUT2D eigenvalue weighted by molar-refractivity contribution is 0.0946. The lowest BCUT2D eigenvalue weighted by Crippen LogP contribution is -2.23. The summed E-state index contributed by atoms with van der Waals surface area (Å²) in [6.07, 6.45) is 1.84. The van der Waals surface area contributed by atoms with Crippen LogP contribution in [0.2, 0.25) is 0 Å². The van der Waals surface area contributed by atoms with Crippen LogP contribution in [-0.4, -0.2) is 28.0 Å². The molecule has 0 atom stereocenters. The maximum Gasteiger partial charge on any atom is 0.271 e. The van der Waals surface area contributed by atoms with E-state index in [-0.39, 0.29) is 12.7 Å². The predicted octanol–water partition coefficient (Wildman–Crippen LogP) is 1.79. The fourth-order valence-corrected chi connectivity index (χ4v) is 3.41. The second kappa shape index (κ2) is 5.57. The molecule has 1 N–H and O–H groups in total. The van der Waals surface area contributed by atoms with Crippen molar-refractivity contribution >= 4 is 17.7 Å². The van der Waals surface area contributed by atoms with Crippen LogP contribution in [0.4, 0.5) is 0 Å². The van der Waals surface area contributed by atoms with E-state index in [9.17, 15) is 4.79 Å². The van der Waals surface area contributed by atoms with Gasteiger partial charge in [-0.1, -0.05) is 6.07 Å². The van der Waals surface area contributed by atoms with Crippen molar-refractivity contribution in [1.29, 1.82) is 0 Å². The molecule has 7 heteroatoms. The molecule has 0 fully saturated rings. The average Bonchev–Trinajstić information content (AvgIpc) is 3.18. The molecule has 0 saturated carbocycles. The molecular weight excluding hydrogens is 302 g/mol. The highest BCUT2D eigenvalue weighted by Gasteiger charge is 2.17. The topological polar surface area (TPSA) is 65.4 Å². The van der Waals surface area contributed by atoms with Gasteiger partial charge in [0.1, 0.15) is 11.5 Å². The van der Waals surface area contributed by atoms with Gasteiger partial charge >= 0.3 is 0 Å². The van der Waals surface area contributed by atoms with Crippen LogP contribution in [-0.2, 0) is 18.8 Å². The molecule has 0 aliphatic carbocycles. The first-order valence-corrected chi connectivity index (χ1v) is 8.25. The van der Waals surface area contributed by atoms with E-state index in [4.69, 9.17) is 9.47 Å². The smallest absolute Gasteiger partial charge is 0.271 e. The van der Waals surface area contributed by atoms with Crippen LogP contribution >= 0.6 is 11.8 Å². The number of ether oxygens (including phenoxy) is 2. The summed E-state index contributed by atoms with van der Waals surface area (Å²) >= 11 is 1.84. The summed E-state index contributed by atoms with van der Waals surface area (Å²) in [5.41, 5.74) is 1.45. The zero-order valence-electron chi connectivity index (χ0n) is 11.9. The Kier molecular flexibility index (Phi) is 3.42. The molecule has 0 radical (unpaired) electrons. The molecule has 1 aromatic heterocycles. The molecule has 1 aromatic carbocycles. The van der Waals surface area contributed by atoms with Crippen molar-refractivity contribution in [2.45, 2.75) is 18.8 Å². The number of aryl methyl sites for hydroxylation is 1. The van der Waals surface area contributed by atoms with E-state index in [0.29, 0.717) is 12.2 Å². The largest absolute Gasteiger partial charge is 0.454 e. The van der Waals surface area contributed by atoms with Crippen molar-refractivity contribution < 1.29 is 14.3 Å². The summed E-state index contributed by atoms with van der Waals surface area (Å²) in [5.74, 6) is 4.24. The van der Waals surface area contributed by atoms with Crippen LogP contribution in [0.3, 0.4) is 0 Å². The highest BCUT2D eigenvalue weighted by Crippen LogP contribution is 2.32. The Morgan fingerprint density at radius 3 is 3.18 bits per heavy atom. The summed E-state index contributed by atoms with van der Waals surface area (Å²) in [5, 5.41) is 2.90. The Balaban J connectivity index is 1.43. The third-order valence-corrected chi connectivity index (χ3v) is 4.62. The minimum absolute atomic E-state index is 0.149. The second-order valence-corrected chi connectivity index (χ2v) is 6.26. The molecule has 6 nitrogen and oxygen atoms in total. The summed E-state index contributed by atoms with van der Waals surface area (Å²) in [6.45, 7) is 1.61. The first-order valence-electron chi connectivity index (χ1n) is 7.10. The first kappa shape index (κ1) is 13.5. The maximum atomic E-state index is 12.2. The molecule has 114 valence electrons. The van der Waals surface area contributed by atoms with E-state index in [2.05, 4.69) is 14.9 Å². The molecule has 2 aromatic rings. The van der Waals surface area contributed by atoms with Crippen LogP contribution < -0.4 is 14.8 Å². The molecule has 3 heterocycles. The number of fused-ring (bicyclic) bond motifs is 2. The van der Waals surface area contributed by atoms with Gasteiger partial charge in [0, 0.05) is 25.0 Å². The van der Waals surface area contributed by atoms with Crippen LogP contribution in [0.25, 0.3) is 0 Å². The van der Waals surface area contributed by atoms with Crippen LogP contribution in [0.1, 0.15) is 21.9 Å². The number of aromatic nitrogens is 2. The van der Waals surface area contributed by atoms with Gasteiger partial charge in [0.2, 0.25) is 6.79 Å². The molecule has 2 aliphatic heterocycles. The molecule has 0 bridgehead atoms. The van der Waals surface area contributed by atoms with Gasteiger partial charge in [0.25, 0.3) is 5.91 Å². The summed E-state index contributed by atoms with van der Waals surface area (Å²) in [7, 11) is 0. The Bertz CT molecular complexity index is 705. The van der Waals surface area contributed by atoms with Crippen molar-refractivity contribution in [3.8, 4) is 11.5 Å². The Morgan fingerprint density at radius 2 is 2.27 bits per heavy atom. The van der Waals surface area contributed by atoms with E-state index in [1.165, 1.54) is 0 Å². The van der Waals surface area contributed by atoms with Gasteiger partial charge < -0.3 is 19.4 Å². The zero-order chi connectivity index (χ0) is 14.9. The number of nitrogens with one attached hydrogen (secondary N) is 1. The van der Waals surface area contributed by atoms with Gasteiger partial charge in [0.15, 0.2) is 11.5 Å². The fourth-order valence-electron chi connectivity index (χ4n) is 2.52. The molecule has 2 aliphatic rings. The number of hydrogen-bond donors (Lipinski definition) is 1. The first-order chi connectivity index (χ1) is 10.8. The SMILES string of the molecule is O=C(NCc1ccc2c(c1)OCO2)c1cn2c(n1)CSCC2. The standard InChI is InChI=1S/C15H15N3O3S/c19-15(11-7-18-3-4-22-8-14(18)17-11)16-6-10-1-2-12-13(5-10)21-9-20-12/h1-2,5,7H,3-4,6,8-9H2,(H,16,19). The van der Waals surface area contributed by atoms with E-state index in [1.54, 1.807) is 0 Å². The number of carbonyl (C=O) groups excluding carboxylic acids is 1. The number of rotatable bonds is 3. The van der Waals surface area contributed by atoms with Crippen LogP contribution in [0.15, 0.2) is 24.4 Å². The highest BCUT2D eigenvalue weighted by atomic mass is 32.2. The molecule has 0 unspecified atom stereocenters. The molecule has 1 amide bonds. The number of imidazole rings is 1. The Hall–Kier alpha value is -2.15. The Morgan fingerprint density at radius 1 is 1.36 bits per heavy atom. The zero-order valence-corrected chi connectivity index (χ0v) is 12.7. The fraction of sp³-hybridized carbons (Fsp3) is 0.333. The quantitative estimate of drug-likeness (QED) is 0.935. The van der Waals surface area contributed by atoms with Crippen molar-refractivity contribution in [3.63, 3.8) is 0 Å². The van der Waals surface area contributed by atoms with E-state index in [1.807, 2.05) is 36.2 Å². The predicted molar refractivity (Wildman–Crippen MR) is 82.1 cm³/mol. The van der Waals surface area contributed by atoms with Crippen LogP contribution in [0.5, 0.6) is 11.5 Å². The number of hydrogen-bond acceptors (Lipinski definition) is 5. The van der Waals surface area contributed by atoms with E-state index in [0.717, 1.165) is 40.9 Å². The van der Waals surface area contributed by atoms with E-state index >= 15 is 0 Å². The van der Waals surface area contributed by atoms with Gasteiger partial charge in [-0.15, -0.1) is 0 Å². The number of carbonyl (C=O) groups is 1. The maximum absolute atomic E-state index is 12.2. The van der Waals surface area contributed by atoms with E-state index < -0.39 is 0 Å². The molecule has 22 heavy (non-hydrogen) atoms. The molecule has 4 rings (SSSR count). The summed E-state index contributed by atoms with van der Waals surface area (Å²) in [6, 6.07) is 5.66. The highest BCUT2D eigenvalue weighted by molar-refractivity contribution is 7.98. The molecule has 0 saturated heterocycles. The minimum atomic E-state index is -0.149. The number of benzene rings is 1. The lowest BCUT2D eigenvalue weighted by atomic mass is 10.2. The third kappa shape index (κ3) is 2.52. The second-order valence-electron chi connectivity index (χ2n) is 5.16. The molecular formula is C15H15N3O3S. The van der Waals surface area contributed by atoms with Crippen molar-refractivity contribution in [2.24, 2.45) is 0 Å². The number of thioether (sulfide) groups is 1. The Labute approximate surface area is 131 Å². The lowest BCUT2D eigenvalue weighted by Gasteiger charge is -2.11. The van der Waals surface area contributed by atoms with Gasteiger partial charge in [-0.05, 0) is 17.7 Å². The molecule has 0 spiro atoms.